The third kappa shape index (κ3) is 3.46. The van der Waals surface area contributed by atoms with Gasteiger partial charge in [0.15, 0.2) is 0 Å². The van der Waals surface area contributed by atoms with Crippen LogP contribution in [-0.4, -0.2) is 29.5 Å². The van der Waals surface area contributed by atoms with Gasteiger partial charge < -0.3 is 15.5 Å². The van der Waals surface area contributed by atoms with Crippen LogP contribution in [0, 0.1) is 0 Å². The lowest BCUT2D eigenvalue weighted by Crippen LogP contribution is -2.31. The second-order valence-electron chi connectivity index (χ2n) is 3.38. The Bertz CT molecular complexity index is 251. The molecule has 0 aliphatic heterocycles. The van der Waals surface area contributed by atoms with Gasteiger partial charge in [-0.25, -0.2) is 0 Å². The van der Waals surface area contributed by atoms with E-state index in [0.29, 0.717) is 6.54 Å². The summed E-state index contributed by atoms with van der Waals surface area (Å²) in [6.45, 7) is 2.24. The Morgan fingerprint density at radius 2 is 1.93 bits per heavy atom. The van der Waals surface area contributed by atoms with E-state index in [1.165, 1.54) is 5.56 Å². The number of hydrogen-bond acceptors (Lipinski definition) is 3. The molecule has 3 nitrogen and oxygen atoms in total. The molecule has 3 heteroatoms. The molecule has 0 amide bonds. The Morgan fingerprint density at radius 3 is 2.50 bits per heavy atom. The van der Waals surface area contributed by atoms with Crippen molar-refractivity contribution in [3.63, 3.8) is 0 Å². The molecule has 78 valence electrons. The Morgan fingerprint density at radius 1 is 1.29 bits per heavy atom. The minimum absolute atomic E-state index is 0.192. The smallest absolute Gasteiger partial charge is 0.0895 e. The summed E-state index contributed by atoms with van der Waals surface area (Å²) < 4.78 is 0. The summed E-state index contributed by atoms with van der Waals surface area (Å²) in [5.74, 6) is 0. The van der Waals surface area contributed by atoms with Crippen LogP contribution in [0.2, 0.25) is 0 Å². The van der Waals surface area contributed by atoms with Gasteiger partial charge in [0.1, 0.15) is 0 Å². The number of aliphatic hydroxyl groups is 2. The molecule has 0 aliphatic rings. The zero-order valence-corrected chi connectivity index (χ0v) is 8.35. The molecule has 1 aromatic carbocycles. The lowest BCUT2D eigenvalue weighted by atomic mass is 10.1. The summed E-state index contributed by atoms with van der Waals surface area (Å²) in [5, 5.41) is 20.9. The zero-order chi connectivity index (χ0) is 10.4. The van der Waals surface area contributed by atoms with Gasteiger partial charge in [-0.15, -0.1) is 0 Å². The van der Waals surface area contributed by atoms with Crippen molar-refractivity contribution < 1.29 is 10.2 Å². The maximum atomic E-state index is 9.14. The number of rotatable bonds is 5. The van der Waals surface area contributed by atoms with Crippen molar-refractivity contribution >= 4 is 0 Å². The summed E-state index contributed by atoms with van der Waals surface area (Å²) in [7, 11) is 0. The highest BCUT2D eigenvalue weighted by atomic mass is 16.3. The van der Waals surface area contributed by atoms with Gasteiger partial charge in [-0.3, -0.25) is 0 Å². The van der Waals surface area contributed by atoms with Crippen LogP contribution in [0.5, 0.6) is 0 Å². The minimum Gasteiger partial charge on any atom is -0.394 e. The highest BCUT2D eigenvalue weighted by molar-refractivity contribution is 5.17. The average Bonchev–Trinajstić information content (AvgIpc) is 2.26. The first-order chi connectivity index (χ1) is 6.74. The molecule has 14 heavy (non-hydrogen) atoms. The summed E-state index contributed by atoms with van der Waals surface area (Å²) in [5.41, 5.74) is 1.18. The third-order valence-corrected chi connectivity index (χ3v) is 2.17. The highest BCUT2D eigenvalue weighted by Gasteiger charge is 2.06. The van der Waals surface area contributed by atoms with E-state index in [1.54, 1.807) is 0 Å². The van der Waals surface area contributed by atoms with Gasteiger partial charge >= 0.3 is 0 Å². The molecule has 2 atom stereocenters. The molecule has 3 N–H and O–H groups in total. The molecule has 0 fully saturated rings. The van der Waals surface area contributed by atoms with Gasteiger partial charge in [-0.05, 0) is 12.5 Å². The standard InChI is InChI=1S/C11H17NO2/c1-9(12-7-11(14)8-13)10-5-3-2-4-6-10/h2-6,9,11-14H,7-8H2,1H3/t9-,11?/m0/s1. The van der Waals surface area contributed by atoms with Crippen molar-refractivity contribution in [1.29, 1.82) is 0 Å². The monoisotopic (exact) mass is 195 g/mol. The first kappa shape index (κ1) is 11.2. The SMILES string of the molecule is C[C@H](NCC(O)CO)c1ccccc1. The molecule has 0 bridgehead atoms. The van der Waals surface area contributed by atoms with Crippen molar-refractivity contribution in [2.45, 2.75) is 19.1 Å². The molecule has 0 saturated heterocycles. The second kappa shape index (κ2) is 5.75. The first-order valence-electron chi connectivity index (χ1n) is 4.81. The lowest BCUT2D eigenvalue weighted by Gasteiger charge is -2.16. The fourth-order valence-corrected chi connectivity index (χ4v) is 1.24. The van der Waals surface area contributed by atoms with E-state index in [-0.39, 0.29) is 12.6 Å². The van der Waals surface area contributed by atoms with E-state index in [4.69, 9.17) is 10.2 Å². The van der Waals surface area contributed by atoms with Crippen LogP contribution >= 0.6 is 0 Å². The van der Waals surface area contributed by atoms with Crippen LogP contribution in [0.4, 0.5) is 0 Å². The first-order valence-corrected chi connectivity index (χ1v) is 4.81. The number of hydrogen-bond donors (Lipinski definition) is 3. The van der Waals surface area contributed by atoms with Gasteiger partial charge in [0.05, 0.1) is 12.7 Å². The van der Waals surface area contributed by atoms with Crippen LogP contribution < -0.4 is 5.32 Å². The van der Waals surface area contributed by atoms with Crippen molar-refractivity contribution in [3.05, 3.63) is 35.9 Å². The predicted molar refractivity (Wildman–Crippen MR) is 56.0 cm³/mol. The molecule has 0 heterocycles. The molecular formula is C11H17NO2. The molecular weight excluding hydrogens is 178 g/mol. The van der Waals surface area contributed by atoms with Crippen LogP contribution in [0.25, 0.3) is 0 Å². The molecule has 0 aromatic heterocycles. The fraction of sp³-hybridized carbons (Fsp3) is 0.455. The summed E-state index contributed by atoms with van der Waals surface area (Å²) in [6.07, 6.45) is -0.679. The summed E-state index contributed by atoms with van der Waals surface area (Å²) >= 11 is 0. The largest absolute Gasteiger partial charge is 0.394 e. The zero-order valence-electron chi connectivity index (χ0n) is 8.35. The van der Waals surface area contributed by atoms with Crippen molar-refractivity contribution in [1.82, 2.24) is 5.32 Å². The Kier molecular flexibility index (Phi) is 4.59. The minimum atomic E-state index is -0.679. The second-order valence-corrected chi connectivity index (χ2v) is 3.38. The average molecular weight is 195 g/mol. The van der Waals surface area contributed by atoms with Crippen molar-refractivity contribution in [2.75, 3.05) is 13.2 Å². The van der Waals surface area contributed by atoms with E-state index in [0.717, 1.165) is 0 Å². The van der Waals surface area contributed by atoms with Crippen LogP contribution in [-0.2, 0) is 0 Å². The van der Waals surface area contributed by atoms with Gasteiger partial charge in [0.25, 0.3) is 0 Å². The van der Waals surface area contributed by atoms with Crippen molar-refractivity contribution in [3.8, 4) is 0 Å². The maximum Gasteiger partial charge on any atom is 0.0895 e. The highest BCUT2D eigenvalue weighted by Crippen LogP contribution is 2.10. The number of aliphatic hydroxyl groups excluding tert-OH is 2. The Labute approximate surface area is 84.4 Å². The van der Waals surface area contributed by atoms with Crippen LogP contribution in [0.15, 0.2) is 30.3 Å². The topological polar surface area (TPSA) is 52.5 Å². The summed E-state index contributed by atoms with van der Waals surface area (Å²) in [4.78, 5) is 0. The molecule has 1 rings (SSSR count). The van der Waals surface area contributed by atoms with Gasteiger partial charge in [-0.2, -0.15) is 0 Å². The van der Waals surface area contributed by atoms with Crippen LogP contribution in [0.1, 0.15) is 18.5 Å². The predicted octanol–water partition coefficient (Wildman–Crippen LogP) is 0.690. The Balaban J connectivity index is 2.39. The quantitative estimate of drug-likeness (QED) is 0.648. The van der Waals surface area contributed by atoms with Crippen LogP contribution in [0.3, 0.4) is 0 Å². The molecule has 0 saturated carbocycles. The van der Waals surface area contributed by atoms with E-state index < -0.39 is 6.10 Å². The third-order valence-electron chi connectivity index (χ3n) is 2.17. The molecule has 0 aliphatic carbocycles. The molecule has 0 radical (unpaired) electrons. The maximum absolute atomic E-state index is 9.14. The van der Waals surface area contributed by atoms with Gasteiger partial charge in [-0.1, -0.05) is 30.3 Å². The van der Waals surface area contributed by atoms with Gasteiger partial charge in [0, 0.05) is 12.6 Å². The molecule has 1 unspecified atom stereocenters. The van der Waals surface area contributed by atoms with E-state index >= 15 is 0 Å². The van der Waals surface area contributed by atoms with E-state index in [2.05, 4.69) is 5.32 Å². The van der Waals surface area contributed by atoms with E-state index in [9.17, 15) is 0 Å². The number of benzene rings is 1. The Hall–Kier alpha value is -0.900. The van der Waals surface area contributed by atoms with Crippen molar-refractivity contribution in [2.24, 2.45) is 0 Å². The molecule has 1 aromatic rings. The summed E-state index contributed by atoms with van der Waals surface area (Å²) in [6, 6.07) is 10.2. The number of nitrogens with one attached hydrogen (secondary N) is 1. The van der Waals surface area contributed by atoms with Gasteiger partial charge in [0.2, 0.25) is 0 Å². The normalized spacial score (nSPS) is 15.1. The lowest BCUT2D eigenvalue weighted by molar-refractivity contribution is 0.0924. The van der Waals surface area contributed by atoms with E-state index in [1.807, 2.05) is 37.3 Å². The fourth-order valence-electron chi connectivity index (χ4n) is 1.24. The molecule has 0 spiro atoms.